The van der Waals surface area contributed by atoms with Crippen molar-refractivity contribution >= 4 is 23.4 Å². The molecule has 0 aliphatic carbocycles. The van der Waals surface area contributed by atoms with Crippen LogP contribution in [0.25, 0.3) is 0 Å². The van der Waals surface area contributed by atoms with E-state index in [1.165, 1.54) is 4.90 Å². The van der Waals surface area contributed by atoms with Crippen LogP contribution in [0.1, 0.15) is 17.2 Å². The van der Waals surface area contributed by atoms with Crippen LogP contribution in [0.15, 0.2) is 95.9 Å². The predicted molar refractivity (Wildman–Crippen MR) is 101 cm³/mol. The lowest BCUT2D eigenvalue weighted by atomic mass is 10.1. The molecule has 0 heterocycles. The van der Waals surface area contributed by atoms with Gasteiger partial charge >= 0.3 is 0 Å². The van der Waals surface area contributed by atoms with E-state index in [9.17, 15) is 4.79 Å². The smallest absolute Gasteiger partial charge is 0.225 e. The number of para-hydroxylation sites is 1. The van der Waals surface area contributed by atoms with E-state index in [2.05, 4.69) is 29.6 Å². The Bertz CT molecular complexity index is 760. The molecule has 1 atom stereocenters. The van der Waals surface area contributed by atoms with Crippen LogP contribution in [0.5, 0.6) is 0 Å². The fraction of sp³-hybridized carbons (Fsp3) is 0.0952. The van der Waals surface area contributed by atoms with E-state index in [1.54, 1.807) is 11.8 Å². The summed E-state index contributed by atoms with van der Waals surface area (Å²) < 4.78 is 0. The van der Waals surface area contributed by atoms with Crippen molar-refractivity contribution in [2.45, 2.75) is 16.6 Å². The van der Waals surface area contributed by atoms with Crippen LogP contribution in [0.3, 0.4) is 0 Å². The van der Waals surface area contributed by atoms with E-state index >= 15 is 0 Å². The van der Waals surface area contributed by atoms with Gasteiger partial charge in [0, 0.05) is 22.3 Å². The number of nitrogens with one attached hydrogen (secondary N) is 1. The standard InChI is InChI=1S/C21H19NOS/c23-21(22-18-12-6-2-7-13-18)16-20(17-10-4-1-5-11-17)24-19-14-8-3-9-15-19/h1-15,20H,16H2,(H,22,23)/t20-/m1/s1. The molecule has 3 aromatic rings. The minimum atomic E-state index is 0.0264. The van der Waals surface area contributed by atoms with E-state index in [1.807, 2.05) is 66.7 Å². The normalized spacial score (nSPS) is 11.7. The Labute approximate surface area is 146 Å². The number of thioether (sulfide) groups is 1. The lowest BCUT2D eigenvalue weighted by Gasteiger charge is -2.17. The Kier molecular flexibility index (Phi) is 5.70. The molecular weight excluding hydrogens is 314 g/mol. The van der Waals surface area contributed by atoms with Crippen LogP contribution in [0, 0.1) is 0 Å². The van der Waals surface area contributed by atoms with Gasteiger partial charge in [-0.1, -0.05) is 66.7 Å². The number of amides is 1. The first kappa shape index (κ1) is 16.3. The molecule has 0 radical (unpaired) electrons. The molecule has 0 aliphatic heterocycles. The number of benzene rings is 3. The summed E-state index contributed by atoms with van der Waals surface area (Å²) in [7, 11) is 0. The summed E-state index contributed by atoms with van der Waals surface area (Å²) in [6.07, 6.45) is 0.429. The van der Waals surface area contributed by atoms with Gasteiger partial charge in [-0.3, -0.25) is 4.79 Å². The highest BCUT2D eigenvalue weighted by Gasteiger charge is 2.17. The van der Waals surface area contributed by atoms with Gasteiger partial charge in [0.15, 0.2) is 0 Å². The molecule has 2 nitrogen and oxygen atoms in total. The number of anilines is 1. The van der Waals surface area contributed by atoms with Crippen LogP contribution in [0.4, 0.5) is 5.69 Å². The molecule has 1 N–H and O–H groups in total. The van der Waals surface area contributed by atoms with Crippen LogP contribution in [0.2, 0.25) is 0 Å². The number of carbonyl (C=O) groups is 1. The summed E-state index contributed by atoms with van der Waals surface area (Å²) in [4.78, 5) is 13.6. The van der Waals surface area contributed by atoms with Gasteiger partial charge in [-0.25, -0.2) is 0 Å². The molecule has 24 heavy (non-hydrogen) atoms. The fourth-order valence-electron chi connectivity index (χ4n) is 2.46. The highest BCUT2D eigenvalue weighted by atomic mass is 32.2. The zero-order valence-corrected chi connectivity index (χ0v) is 14.1. The predicted octanol–water partition coefficient (Wildman–Crippen LogP) is 5.55. The first-order valence-corrected chi connectivity index (χ1v) is 8.81. The van der Waals surface area contributed by atoms with Crippen molar-refractivity contribution in [3.05, 3.63) is 96.6 Å². The maximum atomic E-state index is 12.5. The van der Waals surface area contributed by atoms with Crippen molar-refractivity contribution in [3.63, 3.8) is 0 Å². The summed E-state index contributed by atoms with van der Waals surface area (Å²) in [6.45, 7) is 0. The van der Waals surface area contributed by atoms with Crippen molar-refractivity contribution in [1.29, 1.82) is 0 Å². The molecule has 0 aromatic heterocycles. The van der Waals surface area contributed by atoms with Gasteiger partial charge in [-0.15, -0.1) is 11.8 Å². The Hall–Kier alpha value is -2.52. The minimum Gasteiger partial charge on any atom is -0.326 e. The van der Waals surface area contributed by atoms with Gasteiger partial charge in [-0.05, 0) is 29.8 Å². The van der Waals surface area contributed by atoms with Gasteiger partial charge in [0.25, 0.3) is 0 Å². The zero-order chi connectivity index (χ0) is 16.6. The summed E-state index contributed by atoms with van der Waals surface area (Å²) in [5.41, 5.74) is 1.99. The van der Waals surface area contributed by atoms with Crippen molar-refractivity contribution in [3.8, 4) is 0 Å². The second kappa shape index (κ2) is 8.37. The Morgan fingerprint density at radius 1 is 0.792 bits per heavy atom. The van der Waals surface area contributed by atoms with Crippen molar-refractivity contribution in [1.82, 2.24) is 0 Å². The molecule has 1 amide bonds. The first-order chi connectivity index (χ1) is 11.8. The Morgan fingerprint density at radius 3 is 1.96 bits per heavy atom. The minimum absolute atomic E-state index is 0.0264. The maximum Gasteiger partial charge on any atom is 0.225 e. The maximum absolute atomic E-state index is 12.5. The molecule has 0 unspecified atom stereocenters. The van der Waals surface area contributed by atoms with Crippen LogP contribution in [-0.2, 0) is 4.79 Å². The van der Waals surface area contributed by atoms with Gasteiger partial charge < -0.3 is 5.32 Å². The number of rotatable bonds is 6. The monoisotopic (exact) mass is 333 g/mol. The SMILES string of the molecule is O=C(C[C@@H](Sc1ccccc1)c1ccccc1)Nc1ccccc1. The molecule has 3 aromatic carbocycles. The van der Waals surface area contributed by atoms with Gasteiger partial charge in [0.1, 0.15) is 0 Å². The quantitative estimate of drug-likeness (QED) is 0.599. The average Bonchev–Trinajstić information content (AvgIpc) is 2.63. The second-order valence-electron chi connectivity index (χ2n) is 5.45. The van der Waals surface area contributed by atoms with Gasteiger partial charge in [0.05, 0.1) is 0 Å². The topological polar surface area (TPSA) is 29.1 Å². The van der Waals surface area contributed by atoms with E-state index in [4.69, 9.17) is 0 Å². The number of hydrogen-bond acceptors (Lipinski definition) is 2. The molecule has 0 bridgehead atoms. The highest BCUT2D eigenvalue weighted by Crippen LogP contribution is 2.37. The van der Waals surface area contributed by atoms with Crippen LogP contribution >= 0.6 is 11.8 Å². The number of carbonyl (C=O) groups excluding carboxylic acids is 1. The second-order valence-corrected chi connectivity index (χ2v) is 6.72. The van der Waals surface area contributed by atoms with Gasteiger partial charge in [-0.2, -0.15) is 0 Å². The largest absolute Gasteiger partial charge is 0.326 e. The molecule has 3 rings (SSSR count). The lowest BCUT2D eigenvalue weighted by Crippen LogP contribution is -2.14. The van der Waals surface area contributed by atoms with E-state index in [0.29, 0.717) is 6.42 Å². The Morgan fingerprint density at radius 2 is 1.33 bits per heavy atom. The Balaban J connectivity index is 1.73. The van der Waals surface area contributed by atoms with Crippen molar-refractivity contribution in [2.24, 2.45) is 0 Å². The highest BCUT2D eigenvalue weighted by molar-refractivity contribution is 7.99. The summed E-state index contributed by atoms with van der Waals surface area (Å²) in [5, 5.41) is 3.06. The summed E-state index contributed by atoms with van der Waals surface area (Å²) in [6, 6.07) is 30.0. The number of hydrogen-bond donors (Lipinski definition) is 1. The average molecular weight is 333 g/mol. The van der Waals surface area contributed by atoms with Gasteiger partial charge in [0.2, 0.25) is 5.91 Å². The van der Waals surface area contributed by atoms with E-state index < -0.39 is 0 Å². The van der Waals surface area contributed by atoms with E-state index in [0.717, 1.165) is 11.3 Å². The third-order valence-electron chi connectivity index (χ3n) is 3.62. The third-order valence-corrected chi connectivity index (χ3v) is 4.89. The van der Waals surface area contributed by atoms with Crippen LogP contribution < -0.4 is 5.32 Å². The molecule has 0 spiro atoms. The third kappa shape index (κ3) is 4.74. The molecule has 0 aliphatic rings. The summed E-state index contributed by atoms with van der Waals surface area (Å²) in [5.74, 6) is 0.0264. The summed E-state index contributed by atoms with van der Waals surface area (Å²) >= 11 is 1.72. The zero-order valence-electron chi connectivity index (χ0n) is 13.3. The molecule has 0 saturated carbocycles. The van der Waals surface area contributed by atoms with Crippen molar-refractivity contribution < 1.29 is 4.79 Å². The first-order valence-electron chi connectivity index (χ1n) is 7.93. The van der Waals surface area contributed by atoms with Crippen molar-refractivity contribution in [2.75, 3.05) is 5.32 Å². The van der Waals surface area contributed by atoms with Crippen LogP contribution in [-0.4, -0.2) is 5.91 Å². The molecule has 120 valence electrons. The molecule has 0 fully saturated rings. The van der Waals surface area contributed by atoms with E-state index in [-0.39, 0.29) is 11.2 Å². The lowest BCUT2D eigenvalue weighted by molar-refractivity contribution is -0.116. The fourth-order valence-corrected chi connectivity index (χ4v) is 3.63. The molecule has 0 saturated heterocycles. The molecular formula is C21H19NOS. The molecule has 3 heteroatoms.